The Labute approximate surface area is 215 Å². The smallest absolute Gasteiger partial charge is 0.265 e. The normalized spacial score (nSPS) is 19.9. The Morgan fingerprint density at radius 3 is 2.59 bits per heavy atom. The zero-order valence-corrected chi connectivity index (χ0v) is 20.9. The van der Waals surface area contributed by atoms with Crippen molar-refractivity contribution in [3.05, 3.63) is 84.2 Å². The molecule has 1 aromatic carbocycles. The van der Waals surface area contributed by atoms with Crippen molar-refractivity contribution < 1.29 is 9.59 Å². The summed E-state index contributed by atoms with van der Waals surface area (Å²) >= 11 is 0. The molecule has 0 radical (unpaired) electrons. The number of carbonyl (C=O) groups is 2. The highest BCUT2D eigenvalue weighted by Gasteiger charge is 2.35. The van der Waals surface area contributed by atoms with Gasteiger partial charge in [0.05, 0.1) is 6.20 Å². The van der Waals surface area contributed by atoms with Crippen molar-refractivity contribution in [2.75, 3.05) is 11.4 Å². The standard InChI is InChI=1S/C29H30N6O2/c1-19-11-12-21(16-32-19)26-22(27(36)20-6-4-7-20)8-5-9-23(26)29(37)35(25-10-2-3-13-31-25)28-24-17-30-14-15-34(24)18-33-28/h2-3,5,8-10,13-15,17-21,32H,4,6-7,11-12,16H2,1H3. The lowest BCUT2D eigenvalue weighted by Gasteiger charge is -2.32. The number of piperidine rings is 1. The second-order valence-corrected chi connectivity index (χ2v) is 10.1. The van der Waals surface area contributed by atoms with Gasteiger partial charge in [-0.2, -0.15) is 0 Å². The van der Waals surface area contributed by atoms with Crippen LogP contribution in [0, 0.1) is 5.92 Å². The molecule has 4 aromatic rings. The number of carbonyl (C=O) groups excluding carboxylic acids is 2. The summed E-state index contributed by atoms with van der Waals surface area (Å²) in [5.41, 5.74) is 2.76. The number of nitrogens with one attached hydrogen (secondary N) is 1. The summed E-state index contributed by atoms with van der Waals surface area (Å²) in [6, 6.07) is 11.5. The first-order valence-corrected chi connectivity index (χ1v) is 13.0. The quantitative estimate of drug-likeness (QED) is 0.382. The van der Waals surface area contributed by atoms with Crippen LogP contribution in [0.15, 0.2) is 67.5 Å². The minimum Gasteiger partial charge on any atom is -0.314 e. The van der Waals surface area contributed by atoms with Crippen LogP contribution in [0.5, 0.6) is 0 Å². The second-order valence-electron chi connectivity index (χ2n) is 10.1. The summed E-state index contributed by atoms with van der Waals surface area (Å²) in [5.74, 6) is 0.953. The lowest BCUT2D eigenvalue weighted by atomic mass is 9.75. The fraction of sp³-hybridized carbons (Fsp3) is 0.345. The molecule has 4 heterocycles. The second kappa shape index (κ2) is 9.86. The van der Waals surface area contributed by atoms with Crippen LogP contribution in [0.3, 0.4) is 0 Å². The van der Waals surface area contributed by atoms with E-state index in [4.69, 9.17) is 0 Å². The van der Waals surface area contributed by atoms with Gasteiger partial charge < -0.3 is 9.72 Å². The van der Waals surface area contributed by atoms with Gasteiger partial charge in [-0.1, -0.05) is 24.6 Å². The van der Waals surface area contributed by atoms with Gasteiger partial charge in [0.2, 0.25) is 0 Å². The number of hydrogen-bond donors (Lipinski definition) is 1. The topological polar surface area (TPSA) is 92.5 Å². The number of pyridine rings is 1. The van der Waals surface area contributed by atoms with Crippen LogP contribution in [0.2, 0.25) is 0 Å². The minimum absolute atomic E-state index is 0.0506. The van der Waals surface area contributed by atoms with Gasteiger partial charge in [0.25, 0.3) is 5.91 Å². The molecule has 0 bridgehead atoms. The number of ketones is 1. The molecule has 37 heavy (non-hydrogen) atoms. The van der Waals surface area contributed by atoms with E-state index >= 15 is 0 Å². The zero-order chi connectivity index (χ0) is 25.4. The highest BCUT2D eigenvalue weighted by molar-refractivity contribution is 6.14. The number of benzene rings is 1. The van der Waals surface area contributed by atoms with Gasteiger partial charge >= 0.3 is 0 Å². The van der Waals surface area contributed by atoms with Crippen molar-refractivity contribution in [1.29, 1.82) is 0 Å². The van der Waals surface area contributed by atoms with E-state index in [1.54, 1.807) is 42.1 Å². The van der Waals surface area contributed by atoms with E-state index in [1.807, 2.05) is 34.7 Å². The summed E-state index contributed by atoms with van der Waals surface area (Å²) in [6.45, 7) is 2.91. The molecule has 1 amide bonds. The number of hydrogen-bond acceptors (Lipinski definition) is 6. The summed E-state index contributed by atoms with van der Waals surface area (Å²) in [5, 5.41) is 3.56. The third-order valence-corrected chi connectivity index (χ3v) is 7.76. The molecule has 1 saturated carbocycles. The van der Waals surface area contributed by atoms with Gasteiger partial charge in [-0.05, 0) is 62.3 Å². The molecule has 188 valence electrons. The lowest BCUT2D eigenvalue weighted by molar-refractivity contribution is 0.0853. The van der Waals surface area contributed by atoms with E-state index in [0.29, 0.717) is 34.3 Å². The molecule has 1 aliphatic heterocycles. The van der Waals surface area contributed by atoms with Gasteiger partial charge in [0.1, 0.15) is 17.7 Å². The number of aromatic nitrogens is 4. The average molecular weight is 495 g/mol. The maximum atomic E-state index is 14.5. The molecule has 8 heteroatoms. The minimum atomic E-state index is -0.250. The summed E-state index contributed by atoms with van der Waals surface area (Å²) < 4.78 is 1.83. The number of Topliss-reactive ketones (excluding diaryl/α,β-unsaturated/α-hetero) is 1. The Hall–Kier alpha value is -3.91. The van der Waals surface area contributed by atoms with Gasteiger partial charge in [-0.15, -0.1) is 0 Å². The van der Waals surface area contributed by atoms with Crippen LogP contribution in [-0.2, 0) is 0 Å². The predicted octanol–water partition coefficient (Wildman–Crippen LogP) is 4.94. The Morgan fingerprint density at radius 2 is 1.86 bits per heavy atom. The van der Waals surface area contributed by atoms with Crippen LogP contribution in [0.1, 0.15) is 71.2 Å². The zero-order valence-electron chi connectivity index (χ0n) is 20.9. The van der Waals surface area contributed by atoms with Gasteiger partial charge in [-0.25, -0.2) is 14.9 Å². The average Bonchev–Trinajstić information content (AvgIpc) is 3.32. The van der Waals surface area contributed by atoms with Crippen molar-refractivity contribution >= 4 is 28.8 Å². The third-order valence-electron chi connectivity index (χ3n) is 7.76. The first kappa shape index (κ1) is 23.5. The molecule has 2 unspecified atom stereocenters. The third kappa shape index (κ3) is 4.31. The Bertz CT molecular complexity index is 1440. The maximum absolute atomic E-state index is 14.5. The molecule has 2 aliphatic rings. The van der Waals surface area contributed by atoms with Crippen LogP contribution >= 0.6 is 0 Å². The first-order chi connectivity index (χ1) is 18.1. The molecule has 0 spiro atoms. The van der Waals surface area contributed by atoms with E-state index in [0.717, 1.165) is 44.2 Å². The van der Waals surface area contributed by atoms with Crippen LogP contribution in [0.4, 0.5) is 11.6 Å². The predicted molar refractivity (Wildman–Crippen MR) is 141 cm³/mol. The Morgan fingerprint density at radius 1 is 1.00 bits per heavy atom. The first-order valence-electron chi connectivity index (χ1n) is 13.0. The number of nitrogens with zero attached hydrogens (tertiary/aromatic N) is 5. The molecule has 6 rings (SSSR count). The summed E-state index contributed by atoms with van der Waals surface area (Å²) in [4.78, 5) is 43.0. The maximum Gasteiger partial charge on any atom is 0.265 e. The molecular weight excluding hydrogens is 464 g/mol. The van der Waals surface area contributed by atoms with Crippen molar-refractivity contribution in [2.24, 2.45) is 5.92 Å². The van der Waals surface area contributed by atoms with Crippen molar-refractivity contribution in [2.45, 2.75) is 51.0 Å². The van der Waals surface area contributed by atoms with Crippen molar-refractivity contribution in [3.63, 3.8) is 0 Å². The van der Waals surface area contributed by atoms with Crippen LogP contribution in [-0.4, -0.2) is 43.6 Å². The number of imidazole rings is 1. The lowest BCUT2D eigenvalue weighted by Crippen LogP contribution is -2.38. The summed E-state index contributed by atoms with van der Waals surface area (Å²) in [6.07, 6.45) is 13.3. The van der Waals surface area contributed by atoms with Gasteiger partial charge in [0, 0.05) is 48.2 Å². The molecular formula is C29H30N6O2. The highest BCUT2D eigenvalue weighted by Crippen LogP contribution is 2.38. The van der Waals surface area contributed by atoms with Crippen molar-refractivity contribution in [1.82, 2.24) is 24.7 Å². The van der Waals surface area contributed by atoms with E-state index in [2.05, 4.69) is 27.2 Å². The molecule has 2 atom stereocenters. The molecule has 8 nitrogen and oxygen atoms in total. The van der Waals surface area contributed by atoms with Gasteiger partial charge in [-0.3, -0.25) is 14.6 Å². The number of anilines is 2. The Balaban J connectivity index is 1.51. The van der Waals surface area contributed by atoms with Crippen LogP contribution < -0.4 is 10.2 Å². The van der Waals surface area contributed by atoms with Crippen LogP contribution in [0.25, 0.3) is 5.52 Å². The summed E-state index contributed by atoms with van der Waals surface area (Å²) in [7, 11) is 0. The SMILES string of the molecule is CC1CCC(c2c(C(=O)C3CCC3)cccc2C(=O)N(c2ccccn2)c2ncn3ccncc23)CN1. The number of fused-ring (bicyclic) bond motifs is 1. The fourth-order valence-corrected chi connectivity index (χ4v) is 5.46. The molecule has 1 N–H and O–H groups in total. The van der Waals surface area contributed by atoms with E-state index in [1.165, 1.54) is 0 Å². The number of amides is 1. The number of rotatable bonds is 6. The molecule has 2 fully saturated rings. The fourth-order valence-electron chi connectivity index (χ4n) is 5.46. The molecule has 3 aromatic heterocycles. The van der Waals surface area contributed by atoms with Gasteiger partial charge in [0.15, 0.2) is 11.6 Å². The van der Waals surface area contributed by atoms with Crippen molar-refractivity contribution in [3.8, 4) is 0 Å². The monoisotopic (exact) mass is 494 g/mol. The molecule has 1 aliphatic carbocycles. The largest absolute Gasteiger partial charge is 0.314 e. The van der Waals surface area contributed by atoms with E-state index < -0.39 is 0 Å². The Kier molecular flexibility index (Phi) is 6.26. The highest BCUT2D eigenvalue weighted by atomic mass is 16.2. The molecule has 1 saturated heterocycles. The van der Waals surface area contributed by atoms with E-state index in [9.17, 15) is 9.59 Å². The van der Waals surface area contributed by atoms with E-state index in [-0.39, 0.29) is 23.5 Å².